The summed E-state index contributed by atoms with van der Waals surface area (Å²) in [5.74, 6) is -1.95. The highest BCUT2D eigenvalue weighted by Crippen LogP contribution is 2.21. The van der Waals surface area contributed by atoms with Crippen LogP contribution in [0.25, 0.3) is 0 Å². The topological polar surface area (TPSA) is 115 Å². The van der Waals surface area contributed by atoms with Crippen LogP contribution in [0.4, 0.5) is 5.95 Å². The Morgan fingerprint density at radius 1 is 1.27 bits per heavy atom. The highest BCUT2D eigenvalue weighted by Gasteiger charge is 2.22. The van der Waals surface area contributed by atoms with Gasteiger partial charge in [0.1, 0.15) is 11.9 Å². The Morgan fingerprint density at radius 3 is 2.73 bits per heavy atom. The first-order chi connectivity index (χ1) is 12.3. The summed E-state index contributed by atoms with van der Waals surface area (Å²) < 4.78 is 2.72. The number of benzene rings is 1. The number of carboxylic acid groups (broad SMARTS) is 1. The van der Waals surface area contributed by atoms with Crippen molar-refractivity contribution in [3.05, 3.63) is 57.6 Å². The van der Waals surface area contributed by atoms with E-state index < -0.39 is 11.9 Å². The lowest BCUT2D eigenvalue weighted by atomic mass is 10.2. The van der Waals surface area contributed by atoms with Crippen molar-refractivity contribution in [2.45, 2.75) is 6.54 Å². The molecule has 0 saturated heterocycles. The summed E-state index contributed by atoms with van der Waals surface area (Å²) >= 11 is 12.0. The third-order valence-electron chi connectivity index (χ3n) is 3.38. The molecule has 11 heteroatoms. The normalized spacial score (nSPS) is 10.7. The molecule has 1 aromatic carbocycles. The highest BCUT2D eigenvalue weighted by molar-refractivity contribution is 6.35. The molecule has 2 heterocycles. The minimum absolute atomic E-state index is 0.0158. The number of carbonyl (C=O) groups excluding carboxylic acids is 1. The smallest absolute Gasteiger partial charge is 0.339 e. The van der Waals surface area contributed by atoms with E-state index in [0.29, 0.717) is 16.6 Å². The second kappa shape index (κ2) is 7.14. The molecule has 9 nitrogen and oxygen atoms in total. The van der Waals surface area contributed by atoms with Crippen molar-refractivity contribution in [3.63, 3.8) is 0 Å². The second-order valence-corrected chi connectivity index (χ2v) is 6.17. The van der Waals surface area contributed by atoms with Crippen molar-refractivity contribution < 1.29 is 14.7 Å². The molecule has 134 valence electrons. The molecule has 3 rings (SSSR count). The van der Waals surface area contributed by atoms with E-state index in [1.807, 2.05) is 0 Å². The fourth-order valence-corrected chi connectivity index (χ4v) is 2.69. The van der Waals surface area contributed by atoms with Gasteiger partial charge in [0.2, 0.25) is 5.95 Å². The third-order valence-corrected chi connectivity index (χ3v) is 3.97. The van der Waals surface area contributed by atoms with Crippen LogP contribution in [-0.2, 0) is 13.6 Å². The van der Waals surface area contributed by atoms with Crippen LogP contribution in [0, 0.1) is 0 Å². The maximum absolute atomic E-state index is 12.2. The number of aromatic carboxylic acids is 1. The molecule has 3 aromatic rings. The molecule has 2 aromatic heterocycles. The Kier molecular flexibility index (Phi) is 4.92. The van der Waals surface area contributed by atoms with Crippen LogP contribution in [0.3, 0.4) is 0 Å². The molecule has 0 aliphatic rings. The van der Waals surface area contributed by atoms with Crippen LogP contribution in [0.2, 0.25) is 10.0 Å². The Morgan fingerprint density at radius 2 is 2.04 bits per heavy atom. The highest BCUT2D eigenvalue weighted by atomic mass is 35.5. The van der Waals surface area contributed by atoms with Crippen molar-refractivity contribution in [3.8, 4) is 0 Å². The molecule has 0 spiro atoms. The van der Waals surface area contributed by atoms with Gasteiger partial charge >= 0.3 is 5.97 Å². The summed E-state index contributed by atoms with van der Waals surface area (Å²) in [6.45, 7) is 0.322. The van der Waals surface area contributed by atoms with Crippen molar-refractivity contribution in [2.24, 2.45) is 7.05 Å². The van der Waals surface area contributed by atoms with Gasteiger partial charge in [0.05, 0.1) is 6.54 Å². The van der Waals surface area contributed by atoms with Crippen LogP contribution in [0.5, 0.6) is 0 Å². The fraction of sp³-hybridized carbons (Fsp3) is 0.133. The van der Waals surface area contributed by atoms with Crippen molar-refractivity contribution >= 4 is 41.0 Å². The maximum atomic E-state index is 12.2. The van der Waals surface area contributed by atoms with Gasteiger partial charge in [-0.2, -0.15) is 5.10 Å². The van der Waals surface area contributed by atoms with Gasteiger partial charge < -0.3 is 5.11 Å². The molecule has 26 heavy (non-hydrogen) atoms. The van der Waals surface area contributed by atoms with E-state index in [-0.39, 0.29) is 17.2 Å². The van der Waals surface area contributed by atoms with E-state index in [4.69, 9.17) is 28.3 Å². The van der Waals surface area contributed by atoms with Crippen molar-refractivity contribution in [1.82, 2.24) is 24.5 Å². The monoisotopic (exact) mass is 394 g/mol. The Hall–Kier alpha value is -2.91. The van der Waals surface area contributed by atoms with E-state index in [2.05, 4.69) is 20.5 Å². The minimum Gasteiger partial charge on any atom is -0.478 e. The number of aryl methyl sites for hydroxylation is 1. The largest absolute Gasteiger partial charge is 0.478 e. The van der Waals surface area contributed by atoms with Gasteiger partial charge in [-0.1, -0.05) is 29.3 Å². The number of carboxylic acids is 1. The predicted molar refractivity (Wildman–Crippen MR) is 93.7 cm³/mol. The molecular weight excluding hydrogens is 383 g/mol. The number of amides is 1. The molecule has 0 unspecified atom stereocenters. The number of hydrogen-bond donors (Lipinski definition) is 2. The van der Waals surface area contributed by atoms with Crippen LogP contribution in [0.1, 0.15) is 26.4 Å². The van der Waals surface area contributed by atoms with Gasteiger partial charge in [-0.3, -0.25) is 14.8 Å². The van der Waals surface area contributed by atoms with Crippen LogP contribution >= 0.6 is 23.2 Å². The summed E-state index contributed by atoms with van der Waals surface area (Å²) in [7, 11) is 1.52. The summed E-state index contributed by atoms with van der Waals surface area (Å²) in [6, 6.07) is 5.08. The van der Waals surface area contributed by atoms with E-state index in [1.165, 1.54) is 28.9 Å². The second-order valence-electron chi connectivity index (χ2n) is 5.33. The predicted octanol–water partition coefficient (Wildman–Crippen LogP) is 2.32. The van der Waals surface area contributed by atoms with Gasteiger partial charge in [-0.05, 0) is 17.7 Å². The van der Waals surface area contributed by atoms with Gasteiger partial charge in [0.25, 0.3) is 5.91 Å². The maximum Gasteiger partial charge on any atom is 0.339 e. The summed E-state index contributed by atoms with van der Waals surface area (Å²) in [6.07, 6.45) is 2.66. The van der Waals surface area contributed by atoms with Crippen LogP contribution < -0.4 is 5.32 Å². The number of carbonyl (C=O) groups is 2. The van der Waals surface area contributed by atoms with E-state index in [9.17, 15) is 9.59 Å². The van der Waals surface area contributed by atoms with E-state index in [0.717, 1.165) is 5.56 Å². The van der Waals surface area contributed by atoms with Gasteiger partial charge in [-0.25, -0.2) is 14.5 Å². The average molecular weight is 395 g/mol. The Labute approximate surface area is 157 Å². The minimum atomic E-state index is -1.25. The number of nitrogens with zero attached hydrogens (tertiary/aromatic N) is 5. The van der Waals surface area contributed by atoms with Crippen LogP contribution in [-0.4, -0.2) is 41.5 Å². The first-order valence-electron chi connectivity index (χ1n) is 7.25. The summed E-state index contributed by atoms with van der Waals surface area (Å²) in [5, 5.41) is 20.5. The molecule has 0 bridgehead atoms. The van der Waals surface area contributed by atoms with E-state index in [1.54, 1.807) is 18.2 Å². The summed E-state index contributed by atoms with van der Waals surface area (Å²) in [5.41, 5.74) is 0.339. The molecule has 0 aliphatic heterocycles. The number of anilines is 1. The number of rotatable bonds is 5. The average Bonchev–Trinajstić information content (AvgIpc) is 3.16. The number of aromatic nitrogens is 5. The number of hydrogen-bond acceptors (Lipinski definition) is 5. The van der Waals surface area contributed by atoms with Crippen molar-refractivity contribution in [1.29, 1.82) is 0 Å². The SMILES string of the molecule is Cn1cc(C(=O)O)c(C(=O)Nc2ncn(Cc3ccc(Cl)cc3Cl)n2)n1. The first-order valence-corrected chi connectivity index (χ1v) is 8.00. The third kappa shape index (κ3) is 3.84. The standard InChI is InChI=1S/C15H12Cl2N6O3/c1-22-6-10(14(25)26)12(20-22)13(24)19-15-18-7-23(21-15)5-8-2-3-9(16)4-11(8)17/h2-4,6-7H,5H2,1H3,(H,25,26)(H,19,21,24). The molecule has 1 amide bonds. The molecule has 0 radical (unpaired) electrons. The number of halogens is 2. The lowest BCUT2D eigenvalue weighted by Gasteiger charge is -2.04. The number of nitrogens with one attached hydrogen (secondary N) is 1. The molecule has 0 fully saturated rings. The first kappa shape index (κ1) is 17.9. The molecule has 0 saturated carbocycles. The van der Waals surface area contributed by atoms with Gasteiger partial charge in [0, 0.05) is 23.3 Å². The van der Waals surface area contributed by atoms with Crippen LogP contribution in [0.15, 0.2) is 30.7 Å². The molecule has 0 aliphatic carbocycles. The van der Waals surface area contributed by atoms with Gasteiger partial charge in [-0.15, -0.1) is 5.10 Å². The molecule has 2 N–H and O–H groups in total. The Bertz CT molecular complexity index is 997. The lowest BCUT2D eigenvalue weighted by Crippen LogP contribution is -2.17. The lowest BCUT2D eigenvalue weighted by molar-refractivity contribution is 0.0692. The summed E-state index contributed by atoms with van der Waals surface area (Å²) in [4.78, 5) is 27.4. The van der Waals surface area contributed by atoms with E-state index >= 15 is 0 Å². The van der Waals surface area contributed by atoms with Gasteiger partial charge in [0.15, 0.2) is 5.69 Å². The Balaban J connectivity index is 1.74. The zero-order chi connectivity index (χ0) is 18.8. The van der Waals surface area contributed by atoms with Crippen molar-refractivity contribution in [2.75, 3.05) is 5.32 Å². The molecule has 0 atom stereocenters. The quantitative estimate of drug-likeness (QED) is 0.685. The zero-order valence-corrected chi connectivity index (χ0v) is 14.9. The fourth-order valence-electron chi connectivity index (χ4n) is 2.23. The molecular formula is C15H12Cl2N6O3. The zero-order valence-electron chi connectivity index (χ0n) is 13.3.